The van der Waals surface area contributed by atoms with Crippen molar-refractivity contribution in [2.75, 3.05) is 31.7 Å². The van der Waals surface area contributed by atoms with Gasteiger partial charge < -0.3 is 20.5 Å². The molecule has 0 bridgehead atoms. The third kappa shape index (κ3) is 4.53. The minimum absolute atomic E-state index is 0.231. The largest absolute Gasteiger partial charge is 0.480 e. The molecule has 0 fully saturated rings. The van der Waals surface area contributed by atoms with Crippen LogP contribution in [-0.4, -0.2) is 43.8 Å². The molecule has 1 amide bonds. The normalized spacial score (nSPS) is 10.2. The number of carbonyl (C=O) groups excluding carboxylic acids is 1. The number of hydrogen-bond acceptors (Lipinski definition) is 4. The van der Waals surface area contributed by atoms with Crippen molar-refractivity contribution < 1.29 is 19.4 Å². The van der Waals surface area contributed by atoms with E-state index >= 15 is 0 Å². The highest BCUT2D eigenvalue weighted by molar-refractivity contribution is 9.10. The van der Waals surface area contributed by atoms with Gasteiger partial charge in [0, 0.05) is 18.1 Å². The number of aliphatic carboxylic acids is 1. The van der Waals surface area contributed by atoms with Crippen LogP contribution in [0, 0.1) is 0 Å². The maximum Gasteiger partial charge on any atom is 0.323 e. The Morgan fingerprint density at radius 3 is 2.68 bits per heavy atom. The van der Waals surface area contributed by atoms with Crippen LogP contribution in [0.4, 0.5) is 5.69 Å². The number of carbonyl (C=O) groups is 2. The highest BCUT2D eigenvalue weighted by Crippen LogP contribution is 2.24. The monoisotopic (exact) mass is 330 g/mol. The number of nitrogens with two attached hydrogens (primary N) is 1. The summed E-state index contributed by atoms with van der Waals surface area (Å²) in [7, 11) is 1.52. The summed E-state index contributed by atoms with van der Waals surface area (Å²) in [5.41, 5.74) is 6.07. The fourth-order valence-electron chi connectivity index (χ4n) is 1.63. The van der Waals surface area contributed by atoms with Crippen molar-refractivity contribution in [3.8, 4) is 0 Å². The molecule has 3 N–H and O–H groups in total. The number of rotatable bonds is 7. The van der Waals surface area contributed by atoms with Gasteiger partial charge >= 0.3 is 5.97 Å². The van der Waals surface area contributed by atoms with Crippen LogP contribution in [0.25, 0.3) is 0 Å². The van der Waals surface area contributed by atoms with Crippen LogP contribution < -0.4 is 10.6 Å². The second-order valence-corrected chi connectivity index (χ2v) is 4.75. The van der Waals surface area contributed by atoms with Crippen molar-refractivity contribution in [2.24, 2.45) is 5.73 Å². The van der Waals surface area contributed by atoms with Crippen molar-refractivity contribution in [3.63, 3.8) is 0 Å². The van der Waals surface area contributed by atoms with Gasteiger partial charge in [-0.25, -0.2) is 0 Å². The van der Waals surface area contributed by atoms with Crippen LogP contribution in [0.1, 0.15) is 10.4 Å². The maximum absolute atomic E-state index is 11.4. The summed E-state index contributed by atoms with van der Waals surface area (Å²) in [5.74, 6) is -1.60. The van der Waals surface area contributed by atoms with E-state index < -0.39 is 11.9 Å². The number of amides is 1. The lowest BCUT2D eigenvalue weighted by molar-refractivity contribution is -0.135. The molecule has 0 radical (unpaired) electrons. The molecule has 1 rings (SSSR count). The topological polar surface area (TPSA) is 92.9 Å². The Hall–Kier alpha value is -1.60. The fourth-order valence-corrected chi connectivity index (χ4v) is 1.99. The lowest BCUT2D eigenvalue weighted by Gasteiger charge is -2.24. The molecular formula is C12H15BrN2O4. The molecule has 1 aromatic carbocycles. The number of nitrogens with zero attached hydrogens (tertiary/aromatic N) is 1. The zero-order chi connectivity index (χ0) is 14.4. The average molecular weight is 331 g/mol. The molecule has 7 heteroatoms. The summed E-state index contributed by atoms with van der Waals surface area (Å²) < 4.78 is 5.64. The van der Waals surface area contributed by atoms with E-state index in [1.54, 1.807) is 23.1 Å². The molecule has 0 aliphatic heterocycles. The first-order valence-corrected chi connectivity index (χ1v) is 6.30. The summed E-state index contributed by atoms with van der Waals surface area (Å²) >= 11 is 3.25. The zero-order valence-corrected chi connectivity index (χ0v) is 12.0. The summed E-state index contributed by atoms with van der Waals surface area (Å²) in [6.07, 6.45) is 0. The summed E-state index contributed by atoms with van der Waals surface area (Å²) in [6, 6.07) is 4.95. The van der Waals surface area contributed by atoms with E-state index in [2.05, 4.69) is 15.9 Å². The first-order chi connectivity index (χ1) is 8.95. The van der Waals surface area contributed by atoms with Crippen LogP contribution in [0.2, 0.25) is 0 Å². The lowest BCUT2D eigenvalue weighted by atomic mass is 10.1. The molecule has 0 atom stereocenters. The minimum atomic E-state index is -0.991. The molecule has 1 aromatic rings. The molecule has 6 nitrogen and oxygen atoms in total. The number of primary amides is 1. The molecule has 0 unspecified atom stereocenters. The standard InChI is InChI=1S/C12H15BrN2O4/c1-19-5-4-15(7-11(16)17)10-3-2-8(13)6-9(10)12(14)18/h2-3,6H,4-5,7H2,1H3,(H2,14,18)(H,16,17). The van der Waals surface area contributed by atoms with Gasteiger partial charge in [0.2, 0.25) is 0 Å². The van der Waals surface area contributed by atoms with E-state index in [-0.39, 0.29) is 12.1 Å². The first kappa shape index (κ1) is 15.5. The first-order valence-electron chi connectivity index (χ1n) is 5.50. The van der Waals surface area contributed by atoms with Gasteiger partial charge in [0.1, 0.15) is 6.54 Å². The summed E-state index contributed by atoms with van der Waals surface area (Å²) in [6.45, 7) is 0.470. The van der Waals surface area contributed by atoms with E-state index in [9.17, 15) is 9.59 Å². The Bertz CT molecular complexity index is 479. The van der Waals surface area contributed by atoms with Crippen molar-refractivity contribution in [1.29, 1.82) is 0 Å². The fraction of sp³-hybridized carbons (Fsp3) is 0.333. The number of benzene rings is 1. The molecule has 0 aromatic heterocycles. The number of carboxylic acid groups (broad SMARTS) is 1. The Balaban J connectivity index is 3.12. The van der Waals surface area contributed by atoms with E-state index in [1.807, 2.05) is 0 Å². The smallest absolute Gasteiger partial charge is 0.323 e. The second kappa shape index (κ2) is 7.10. The number of halogens is 1. The Morgan fingerprint density at radius 2 is 2.16 bits per heavy atom. The van der Waals surface area contributed by atoms with Crippen molar-refractivity contribution in [2.45, 2.75) is 0 Å². The summed E-state index contributed by atoms with van der Waals surface area (Å²) in [4.78, 5) is 23.9. The van der Waals surface area contributed by atoms with Crippen molar-refractivity contribution in [1.82, 2.24) is 0 Å². The zero-order valence-electron chi connectivity index (χ0n) is 10.4. The predicted octanol–water partition coefficient (Wildman–Crippen LogP) is 1.09. The molecule has 0 spiro atoms. The van der Waals surface area contributed by atoms with Crippen LogP contribution in [0.5, 0.6) is 0 Å². The highest BCUT2D eigenvalue weighted by atomic mass is 79.9. The van der Waals surface area contributed by atoms with E-state index in [1.165, 1.54) is 7.11 Å². The predicted molar refractivity (Wildman–Crippen MR) is 74.4 cm³/mol. The lowest BCUT2D eigenvalue weighted by Crippen LogP contribution is -2.34. The Kier molecular flexibility index (Phi) is 5.78. The van der Waals surface area contributed by atoms with Gasteiger partial charge in [-0.05, 0) is 18.2 Å². The van der Waals surface area contributed by atoms with Gasteiger partial charge in [-0.2, -0.15) is 0 Å². The molecule has 0 aliphatic carbocycles. The van der Waals surface area contributed by atoms with Gasteiger partial charge in [0.05, 0.1) is 17.9 Å². The third-order valence-electron chi connectivity index (χ3n) is 2.46. The Labute approximate surface area is 119 Å². The van der Waals surface area contributed by atoms with Crippen molar-refractivity contribution >= 4 is 33.5 Å². The molecule has 104 valence electrons. The minimum Gasteiger partial charge on any atom is -0.480 e. The SMILES string of the molecule is COCCN(CC(=O)O)c1ccc(Br)cc1C(N)=O. The van der Waals surface area contributed by atoms with Crippen LogP contribution >= 0.6 is 15.9 Å². The van der Waals surface area contributed by atoms with E-state index in [0.717, 1.165) is 0 Å². The molecule has 0 heterocycles. The average Bonchev–Trinajstić information content (AvgIpc) is 2.34. The van der Waals surface area contributed by atoms with E-state index in [4.69, 9.17) is 15.6 Å². The quantitative estimate of drug-likeness (QED) is 0.780. The number of methoxy groups -OCH3 is 1. The van der Waals surface area contributed by atoms with Gasteiger partial charge in [0.25, 0.3) is 5.91 Å². The van der Waals surface area contributed by atoms with Crippen LogP contribution in [0.3, 0.4) is 0 Å². The van der Waals surface area contributed by atoms with Crippen LogP contribution in [-0.2, 0) is 9.53 Å². The maximum atomic E-state index is 11.4. The molecule has 0 saturated heterocycles. The Morgan fingerprint density at radius 1 is 1.47 bits per heavy atom. The van der Waals surface area contributed by atoms with Gasteiger partial charge in [-0.3, -0.25) is 9.59 Å². The number of hydrogen-bond donors (Lipinski definition) is 2. The highest BCUT2D eigenvalue weighted by Gasteiger charge is 2.17. The number of anilines is 1. The van der Waals surface area contributed by atoms with E-state index in [0.29, 0.717) is 23.3 Å². The third-order valence-corrected chi connectivity index (χ3v) is 2.95. The molecule has 19 heavy (non-hydrogen) atoms. The number of ether oxygens (including phenoxy) is 1. The molecule has 0 saturated carbocycles. The second-order valence-electron chi connectivity index (χ2n) is 3.83. The summed E-state index contributed by atoms with van der Waals surface area (Å²) in [5, 5.41) is 8.92. The molecule has 0 aliphatic rings. The van der Waals surface area contributed by atoms with Gasteiger partial charge in [-0.15, -0.1) is 0 Å². The van der Waals surface area contributed by atoms with Crippen molar-refractivity contribution in [3.05, 3.63) is 28.2 Å². The molecular weight excluding hydrogens is 316 g/mol. The number of carboxylic acids is 1. The van der Waals surface area contributed by atoms with Gasteiger partial charge in [0.15, 0.2) is 0 Å². The van der Waals surface area contributed by atoms with Gasteiger partial charge in [-0.1, -0.05) is 15.9 Å². The van der Waals surface area contributed by atoms with Crippen LogP contribution in [0.15, 0.2) is 22.7 Å².